The molecule has 0 heterocycles. The van der Waals surface area contributed by atoms with Crippen LogP contribution in [-0.4, -0.2) is 45.0 Å². The molecule has 25 heavy (non-hydrogen) atoms. The number of likely N-dealkylation sites (N-methyl/N-ethyl adjacent to an activating group) is 2. The summed E-state index contributed by atoms with van der Waals surface area (Å²) < 4.78 is 0. The first-order valence-electron chi connectivity index (χ1n) is 8.35. The van der Waals surface area contributed by atoms with Gasteiger partial charge in [0.2, 0.25) is 0 Å². The second-order valence-electron chi connectivity index (χ2n) is 6.11. The Hall–Kier alpha value is -1.88. The molecule has 4 nitrogen and oxygen atoms in total. The van der Waals surface area contributed by atoms with E-state index in [2.05, 4.69) is 27.7 Å². The van der Waals surface area contributed by atoms with Gasteiger partial charge in [-0.1, -0.05) is 48.5 Å². The Morgan fingerprint density at radius 2 is 1.68 bits per heavy atom. The molecule has 0 spiro atoms. The van der Waals surface area contributed by atoms with Crippen LogP contribution in [0, 0.1) is 0 Å². The fourth-order valence-corrected chi connectivity index (χ4v) is 2.78. The average Bonchev–Trinajstić information content (AvgIpc) is 2.61. The zero-order valence-electron chi connectivity index (χ0n) is 15.2. The molecule has 1 unspecified atom stereocenters. The van der Waals surface area contributed by atoms with Gasteiger partial charge in [0.05, 0.1) is 6.04 Å². The van der Waals surface area contributed by atoms with Crippen molar-refractivity contribution in [2.45, 2.75) is 12.5 Å². The zero-order valence-corrected chi connectivity index (χ0v) is 16.0. The number of amides is 1. The second-order valence-corrected chi connectivity index (χ2v) is 6.11. The van der Waals surface area contributed by atoms with Gasteiger partial charge in [0.15, 0.2) is 0 Å². The lowest BCUT2D eigenvalue weighted by molar-refractivity contribution is 0.0941. The van der Waals surface area contributed by atoms with E-state index in [4.69, 9.17) is 0 Å². The fraction of sp³-hybridized carbons (Fsp3) is 0.350. The number of halogens is 1. The molecule has 1 atom stereocenters. The van der Waals surface area contributed by atoms with Crippen LogP contribution >= 0.6 is 12.4 Å². The van der Waals surface area contributed by atoms with Crippen molar-refractivity contribution in [3.05, 3.63) is 71.3 Å². The van der Waals surface area contributed by atoms with Gasteiger partial charge in [-0.15, -0.1) is 12.4 Å². The van der Waals surface area contributed by atoms with Crippen molar-refractivity contribution in [2.75, 3.05) is 34.2 Å². The number of carbonyl (C=O) groups excluding carboxylic acids is 1. The van der Waals surface area contributed by atoms with E-state index >= 15 is 0 Å². The van der Waals surface area contributed by atoms with E-state index in [1.54, 1.807) is 0 Å². The van der Waals surface area contributed by atoms with Crippen LogP contribution in [0.1, 0.15) is 27.5 Å². The van der Waals surface area contributed by atoms with E-state index < -0.39 is 0 Å². The fourth-order valence-electron chi connectivity index (χ4n) is 2.78. The number of nitrogens with one attached hydrogen (secondary N) is 2. The van der Waals surface area contributed by atoms with Gasteiger partial charge < -0.3 is 15.5 Å². The molecule has 2 N–H and O–H groups in total. The molecule has 0 aliphatic carbocycles. The summed E-state index contributed by atoms with van der Waals surface area (Å²) in [6.07, 6.45) is 0.843. The summed E-state index contributed by atoms with van der Waals surface area (Å²) in [6.45, 7) is 1.44. The first-order chi connectivity index (χ1) is 11.6. The van der Waals surface area contributed by atoms with E-state index in [-0.39, 0.29) is 24.4 Å². The molecular formula is C20H28ClN3O. The summed E-state index contributed by atoms with van der Waals surface area (Å²) in [4.78, 5) is 14.8. The summed E-state index contributed by atoms with van der Waals surface area (Å²) in [5, 5.41) is 6.23. The van der Waals surface area contributed by atoms with Crippen LogP contribution in [0.4, 0.5) is 0 Å². The quantitative estimate of drug-likeness (QED) is 0.759. The highest BCUT2D eigenvalue weighted by Gasteiger charge is 2.16. The summed E-state index contributed by atoms with van der Waals surface area (Å²) in [5.41, 5.74) is 3.04. The third-order valence-corrected chi connectivity index (χ3v) is 4.17. The van der Waals surface area contributed by atoms with Crippen LogP contribution in [0.3, 0.4) is 0 Å². The number of rotatable bonds is 8. The van der Waals surface area contributed by atoms with Crippen LogP contribution in [0.15, 0.2) is 54.6 Å². The number of nitrogens with zero attached hydrogens (tertiary/aromatic N) is 1. The van der Waals surface area contributed by atoms with Gasteiger partial charge in [-0.3, -0.25) is 4.79 Å². The maximum absolute atomic E-state index is 12.6. The Morgan fingerprint density at radius 3 is 2.32 bits per heavy atom. The lowest BCUT2D eigenvalue weighted by Crippen LogP contribution is -2.35. The van der Waals surface area contributed by atoms with Gasteiger partial charge >= 0.3 is 0 Å². The predicted molar refractivity (Wildman–Crippen MR) is 107 cm³/mol. The summed E-state index contributed by atoms with van der Waals surface area (Å²) >= 11 is 0. The Morgan fingerprint density at radius 1 is 1.04 bits per heavy atom. The summed E-state index contributed by atoms with van der Waals surface area (Å²) in [6, 6.07) is 18.2. The van der Waals surface area contributed by atoms with Gasteiger partial charge in [0, 0.05) is 12.1 Å². The third kappa shape index (κ3) is 6.16. The highest BCUT2D eigenvalue weighted by Crippen LogP contribution is 2.17. The molecular weight excluding hydrogens is 334 g/mol. The van der Waals surface area contributed by atoms with E-state index in [0.717, 1.165) is 24.1 Å². The standard InChI is InChI=1S/C20H27N3O.ClH/c1-21-14-13-16-9-7-8-12-18(16)20(24)22-15-19(23(2)3)17-10-5-4-6-11-17;/h4-12,19,21H,13-15H2,1-3H3,(H,22,24);1H. The molecule has 5 heteroatoms. The first kappa shape index (κ1) is 21.2. The minimum Gasteiger partial charge on any atom is -0.350 e. The molecule has 0 saturated heterocycles. The SMILES string of the molecule is CNCCc1ccccc1C(=O)NCC(c1ccccc1)N(C)C.Cl. The number of carbonyl (C=O) groups is 1. The number of hydrogen-bond acceptors (Lipinski definition) is 3. The minimum atomic E-state index is -0.00974. The van der Waals surface area contributed by atoms with Crippen LogP contribution in [0.25, 0.3) is 0 Å². The topological polar surface area (TPSA) is 44.4 Å². The Kier molecular flexibility index (Phi) is 9.21. The van der Waals surface area contributed by atoms with Gasteiger partial charge in [0.1, 0.15) is 0 Å². The molecule has 136 valence electrons. The van der Waals surface area contributed by atoms with Crippen molar-refractivity contribution >= 4 is 18.3 Å². The van der Waals surface area contributed by atoms with Crippen molar-refractivity contribution in [1.82, 2.24) is 15.5 Å². The molecule has 0 fully saturated rings. The normalized spacial score (nSPS) is 11.7. The van der Waals surface area contributed by atoms with Crippen molar-refractivity contribution in [2.24, 2.45) is 0 Å². The summed E-state index contributed by atoms with van der Waals surface area (Å²) in [7, 11) is 5.99. The molecule has 2 aromatic rings. The van der Waals surface area contributed by atoms with E-state index in [9.17, 15) is 4.79 Å². The van der Waals surface area contributed by atoms with Gasteiger partial charge in [-0.25, -0.2) is 0 Å². The first-order valence-corrected chi connectivity index (χ1v) is 8.35. The van der Waals surface area contributed by atoms with E-state index in [0.29, 0.717) is 6.54 Å². The molecule has 0 saturated carbocycles. The van der Waals surface area contributed by atoms with Crippen molar-refractivity contribution in [3.8, 4) is 0 Å². The molecule has 0 aliphatic heterocycles. The van der Waals surface area contributed by atoms with Crippen molar-refractivity contribution in [1.29, 1.82) is 0 Å². The van der Waals surface area contributed by atoms with Crippen LogP contribution in [-0.2, 0) is 6.42 Å². The van der Waals surface area contributed by atoms with Gasteiger partial charge in [-0.05, 0) is 51.3 Å². The van der Waals surface area contributed by atoms with Crippen LogP contribution in [0.2, 0.25) is 0 Å². The maximum atomic E-state index is 12.6. The minimum absolute atomic E-state index is 0. The van der Waals surface area contributed by atoms with Crippen molar-refractivity contribution < 1.29 is 4.79 Å². The smallest absolute Gasteiger partial charge is 0.251 e. The Balaban J connectivity index is 0.00000312. The van der Waals surface area contributed by atoms with Crippen LogP contribution in [0.5, 0.6) is 0 Å². The zero-order chi connectivity index (χ0) is 17.4. The van der Waals surface area contributed by atoms with Crippen molar-refractivity contribution in [3.63, 3.8) is 0 Å². The molecule has 0 aliphatic rings. The highest BCUT2D eigenvalue weighted by atomic mass is 35.5. The monoisotopic (exact) mass is 361 g/mol. The third-order valence-electron chi connectivity index (χ3n) is 4.17. The molecule has 2 rings (SSSR count). The lowest BCUT2D eigenvalue weighted by Gasteiger charge is -2.25. The van der Waals surface area contributed by atoms with E-state index in [1.807, 2.05) is 63.6 Å². The number of benzene rings is 2. The predicted octanol–water partition coefficient (Wildman–Crippen LogP) is 2.90. The van der Waals surface area contributed by atoms with E-state index in [1.165, 1.54) is 5.56 Å². The van der Waals surface area contributed by atoms with Gasteiger partial charge in [0.25, 0.3) is 5.91 Å². The molecule has 0 aromatic heterocycles. The summed E-state index contributed by atoms with van der Waals surface area (Å²) in [5.74, 6) is -0.00974. The van der Waals surface area contributed by atoms with Gasteiger partial charge in [-0.2, -0.15) is 0 Å². The molecule has 2 aromatic carbocycles. The second kappa shape index (κ2) is 10.9. The molecule has 0 bridgehead atoms. The average molecular weight is 362 g/mol. The Labute approximate surface area is 157 Å². The number of hydrogen-bond donors (Lipinski definition) is 2. The molecule has 1 amide bonds. The Bertz CT molecular complexity index is 646. The van der Waals surface area contributed by atoms with Crippen LogP contribution < -0.4 is 10.6 Å². The maximum Gasteiger partial charge on any atom is 0.251 e. The lowest BCUT2D eigenvalue weighted by atomic mass is 10.0. The largest absolute Gasteiger partial charge is 0.350 e. The highest BCUT2D eigenvalue weighted by molar-refractivity contribution is 5.95. The molecule has 0 radical (unpaired) electrons.